The van der Waals surface area contributed by atoms with Gasteiger partial charge in [-0.2, -0.15) is 0 Å². The molecule has 1 N–H and O–H groups in total. The summed E-state index contributed by atoms with van der Waals surface area (Å²) < 4.78 is 7.01. The average molecular weight is 313 g/mol. The van der Waals surface area contributed by atoms with Crippen LogP contribution >= 0.6 is 39.7 Å². The summed E-state index contributed by atoms with van der Waals surface area (Å²) in [6.07, 6.45) is 0. The third-order valence-corrected chi connectivity index (χ3v) is 4.31. The van der Waals surface area contributed by atoms with Crippen LogP contribution in [0.15, 0.2) is 15.9 Å². The van der Waals surface area contributed by atoms with E-state index in [1.807, 2.05) is 0 Å². The third kappa shape index (κ3) is 2.94. The molecule has 15 heavy (non-hydrogen) atoms. The highest BCUT2D eigenvalue weighted by Crippen LogP contribution is 2.33. The van der Waals surface area contributed by atoms with Gasteiger partial charge in [-0.25, -0.2) is 0 Å². The molecule has 0 saturated carbocycles. The number of hydrogen-bond donors (Lipinski definition) is 1. The Balaban J connectivity index is 0.00000112. The van der Waals surface area contributed by atoms with Crippen molar-refractivity contribution >= 4 is 39.7 Å². The second kappa shape index (κ2) is 5.15. The molecule has 1 aromatic rings. The van der Waals surface area contributed by atoms with Crippen LogP contribution in [0.2, 0.25) is 0 Å². The number of ether oxygens (including phenoxy) is 1. The normalized spacial score (nSPS) is 31.0. The Morgan fingerprint density at radius 3 is 2.80 bits per heavy atom. The lowest BCUT2D eigenvalue weighted by Crippen LogP contribution is -2.49. The molecule has 2 atom stereocenters. The van der Waals surface area contributed by atoms with Gasteiger partial charge in [0.25, 0.3) is 0 Å². The Morgan fingerprint density at radius 1 is 1.60 bits per heavy atom. The molecular weight excluding hydrogens is 298 g/mol. The van der Waals surface area contributed by atoms with Crippen molar-refractivity contribution in [1.82, 2.24) is 5.32 Å². The van der Waals surface area contributed by atoms with Crippen LogP contribution in [0.1, 0.15) is 18.7 Å². The highest BCUT2D eigenvalue weighted by Gasteiger charge is 2.32. The van der Waals surface area contributed by atoms with Crippen LogP contribution in [0.3, 0.4) is 0 Å². The molecule has 1 saturated heterocycles. The lowest BCUT2D eigenvalue weighted by atomic mass is 10.1. The first kappa shape index (κ1) is 13.5. The Hall–Kier alpha value is 0.390. The molecule has 1 aromatic heterocycles. The molecule has 0 aromatic carbocycles. The Kier molecular flexibility index (Phi) is 4.62. The van der Waals surface area contributed by atoms with Crippen LogP contribution in [0, 0.1) is 5.92 Å². The van der Waals surface area contributed by atoms with Crippen LogP contribution in [0.5, 0.6) is 0 Å². The minimum absolute atomic E-state index is 0. The second-order valence-corrected chi connectivity index (χ2v) is 6.40. The van der Waals surface area contributed by atoms with E-state index in [-0.39, 0.29) is 18.1 Å². The molecule has 2 heterocycles. The zero-order valence-corrected chi connectivity index (χ0v) is 12.0. The van der Waals surface area contributed by atoms with Gasteiger partial charge in [0.2, 0.25) is 0 Å². The molecule has 0 spiro atoms. The largest absolute Gasteiger partial charge is 0.355 e. The van der Waals surface area contributed by atoms with Crippen LogP contribution in [-0.4, -0.2) is 13.2 Å². The number of hydrogen-bond acceptors (Lipinski definition) is 3. The SMILES string of the molecule is CC1CNC(C)(c2ccc(Br)s2)OC1.Cl. The van der Waals surface area contributed by atoms with Gasteiger partial charge in [-0.15, -0.1) is 23.7 Å². The summed E-state index contributed by atoms with van der Waals surface area (Å²) in [5, 5.41) is 3.44. The van der Waals surface area contributed by atoms with Gasteiger partial charge in [-0.3, -0.25) is 5.32 Å². The van der Waals surface area contributed by atoms with Crippen molar-refractivity contribution in [2.75, 3.05) is 13.2 Å². The van der Waals surface area contributed by atoms with Crippen molar-refractivity contribution < 1.29 is 4.74 Å². The van der Waals surface area contributed by atoms with Crippen LogP contribution in [0.4, 0.5) is 0 Å². The lowest BCUT2D eigenvalue weighted by Gasteiger charge is -2.37. The molecule has 2 rings (SSSR count). The van der Waals surface area contributed by atoms with E-state index in [1.54, 1.807) is 11.3 Å². The van der Waals surface area contributed by atoms with E-state index in [0.717, 1.165) is 16.9 Å². The molecule has 2 nitrogen and oxygen atoms in total. The molecule has 0 amide bonds. The lowest BCUT2D eigenvalue weighted by molar-refractivity contribution is -0.104. The summed E-state index contributed by atoms with van der Waals surface area (Å²) in [6, 6.07) is 4.17. The van der Waals surface area contributed by atoms with Gasteiger partial charge < -0.3 is 4.74 Å². The molecule has 86 valence electrons. The molecular formula is C10H15BrClNOS. The Bertz CT molecular complexity index is 323. The molecule has 0 aliphatic carbocycles. The minimum Gasteiger partial charge on any atom is -0.355 e. The van der Waals surface area contributed by atoms with Crippen molar-refractivity contribution in [2.45, 2.75) is 19.6 Å². The predicted molar refractivity (Wildman–Crippen MR) is 69.7 cm³/mol. The van der Waals surface area contributed by atoms with Crippen molar-refractivity contribution in [3.05, 3.63) is 20.8 Å². The minimum atomic E-state index is -0.288. The van der Waals surface area contributed by atoms with E-state index >= 15 is 0 Å². The quantitative estimate of drug-likeness (QED) is 0.858. The van der Waals surface area contributed by atoms with E-state index in [9.17, 15) is 0 Å². The average Bonchev–Trinajstić information content (AvgIpc) is 2.58. The van der Waals surface area contributed by atoms with E-state index in [0.29, 0.717) is 5.92 Å². The van der Waals surface area contributed by atoms with Gasteiger partial charge in [0.05, 0.1) is 15.3 Å². The van der Waals surface area contributed by atoms with Gasteiger partial charge >= 0.3 is 0 Å². The van der Waals surface area contributed by atoms with E-state index < -0.39 is 0 Å². The first-order valence-corrected chi connectivity index (χ1v) is 6.36. The molecule has 1 aliphatic rings. The topological polar surface area (TPSA) is 21.3 Å². The fraction of sp³-hybridized carbons (Fsp3) is 0.600. The van der Waals surface area contributed by atoms with Gasteiger partial charge in [0, 0.05) is 6.54 Å². The molecule has 0 radical (unpaired) electrons. The van der Waals surface area contributed by atoms with Gasteiger partial charge in [0.15, 0.2) is 5.72 Å². The second-order valence-electron chi connectivity index (χ2n) is 3.93. The van der Waals surface area contributed by atoms with Crippen molar-refractivity contribution in [2.24, 2.45) is 5.92 Å². The predicted octanol–water partition coefficient (Wildman–Crippen LogP) is 3.36. The molecule has 0 bridgehead atoms. The molecule has 1 fully saturated rings. The van der Waals surface area contributed by atoms with Crippen LogP contribution < -0.4 is 5.32 Å². The zero-order valence-electron chi connectivity index (χ0n) is 8.75. The summed E-state index contributed by atoms with van der Waals surface area (Å²) in [7, 11) is 0. The summed E-state index contributed by atoms with van der Waals surface area (Å²) in [5.41, 5.74) is -0.288. The number of rotatable bonds is 1. The molecule has 1 aliphatic heterocycles. The standard InChI is InChI=1S/C10H14BrNOS.ClH/c1-7-5-12-10(2,13-6-7)8-3-4-9(11)14-8;/h3-4,7,12H,5-6H2,1-2H3;1H. The first-order valence-electron chi connectivity index (χ1n) is 4.75. The van der Waals surface area contributed by atoms with Gasteiger partial charge in [-0.1, -0.05) is 6.92 Å². The third-order valence-electron chi connectivity index (χ3n) is 2.49. The fourth-order valence-electron chi connectivity index (χ4n) is 1.52. The zero-order chi connectivity index (χ0) is 10.2. The van der Waals surface area contributed by atoms with Crippen molar-refractivity contribution in [3.8, 4) is 0 Å². The number of thiophene rings is 1. The van der Waals surface area contributed by atoms with E-state index in [1.165, 1.54) is 4.88 Å². The molecule has 5 heteroatoms. The van der Waals surface area contributed by atoms with Crippen LogP contribution in [0.25, 0.3) is 0 Å². The summed E-state index contributed by atoms with van der Waals surface area (Å²) in [6.45, 7) is 6.14. The highest BCUT2D eigenvalue weighted by molar-refractivity contribution is 9.11. The first-order chi connectivity index (χ1) is 6.60. The van der Waals surface area contributed by atoms with E-state index in [4.69, 9.17) is 4.74 Å². The van der Waals surface area contributed by atoms with Crippen molar-refractivity contribution in [1.29, 1.82) is 0 Å². The maximum atomic E-state index is 5.86. The number of halogens is 2. The summed E-state index contributed by atoms with van der Waals surface area (Å²) in [4.78, 5) is 1.23. The monoisotopic (exact) mass is 311 g/mol. The number of nitrogens with one attached hydrogen (secondary N) is 1. The maximum Gasteiger partial charge on any atom is 0.151 e. The van der Waals surface area contributed by atoms with E-state index in [2.05, 4.69) is 47.2 Å². The Labute approximate surface area is 109 Å². The van der Waals surface area contributed by atoms with Crippen molar-refractivity contribution in [3.63, 3.8) is 0 Å². The van der Waals surface area contributed by atoms with Crippen LogP contribution in [-0.2, 0) is 10.5 Å². The van der Waals surface area contributed by atoms with Gasteiger partial charge in [0.1, 0.15) is 0 Å². The van der Waals surface area contributed by atoms with Gasteiger partial charge in [-0.05, 0) is 40.9 Å². The Morgan fingerprint density at radius 2 is 2.33 bits per heavy atom. The maximum absolute atomic E-state index is 5.86. The smallest absolute Gasteiger partial charge is 0.151 e. The summed E-state index contributed by atoms with van der Waals surface area (Å²) >= 11 is 5.19. The fourth-order valence-corrected chi connectivity index (χ4v) is 2.98. The summed E-state index contributed by atoms with van der Waals surface area (Å²) in [5.74, 6) is 0.603. The molecule has 2 unspecified atom stereocenters. The highest BCUT2D eigenvalue weighted by atomic mass is 79.9.